The summed E-state index contributed by atoms with van der Waals surface area (Å²) in [7, 11) is 0. The molecule has 0 saturated carbocycles. The summed E-state index contributed by atoms with van der Waals surface area (Å²) in [4.78, 5) is 0. The van der Waals surface area contributed by atoms with Crippen molar-refractivity contribution in [1.82, 2.24) is 0 Å². The summed E-state index contributed by atoms with van der Waals surface area (Å²) in [6.45, 7) is -3.23. The van der Waals surface area contributed by atoms with Crippen molar-refractivity contribution in [2.45, 2.75) is 49.1 Å². The molecule has 0 amide bonds. The third-order valence-corrected chi connectivity index (χ3v) is 2.40. The largest absolute Gasteiger partial charge is 0.437 e. The van der Waals surface area contributed by atoms with E-state index in [9.17, 15) is 61.5 Å². The van der Waals surface area contributed by atoms with Crippen molar-refractivity contribution in [1.29, 1.82) is 0 Å². The van der Waals surface area contributed by atoms with Gasteiger partial charge in [-0.2, -0.15) is 39.5 Å². The minimum atomic E-state index is -7.59. The standard InChI is InChI=1S/C9H6F14O/c1-4(11,12)2-24-5(13,3(10)6(14,15)16)7(17,8(18,19)20)9(21,22)23/h3H,2H2,1H3. The molecule has 0 N–H and O–H groups in total. The molecule has 0 aliphatic rings. The SMILES string of the molecule is CC(F)(F)COC(F)(C(F)C(F)(F)F)C(F)(C(F)(F)F)C(F)(F)F. The second kappa shape index (κ2) is 6.05. The zero-order valence-corrected chi connectivity index (χ0v) is 11.0. The Kier molecular flexibility index (Phi) is 5.80. The van der Waals surface area contributed by atoms with Crippen LogP contribution >= 0.6 is 0 Å². The van der Waals surface area contributed by atoms with Crippen LogP contribution in [0, 0.1) is 0 Å². The summed E-state index contributed by atoms with van der Waals surface area (Å²) in [6.07, 6.45) is -27.8. The van der Waals surface area contributed by atoms with Crippen molar-refractivity contribution in [3.8, 4) is 0 Å². The van der Waals surface area contributed by atoms with Crippen LogP contribution in [0.25, 0.3) is 0 Å². The Morgan fingerprint density at radius 2 is 1.04 bits per heavy atom. The van der Waals surface area contributed by atoms with E-state index in [4.69, 9.17) is 0 Å². The second-order valence-electron chi connectivity index (χ2n) is 4.56. The van der Waals surface area contributed by atoms with E-state index in [1.807, 2.05) is 0 Å². The summed E-state index contributed by atoms with van der Waals surface area (Å²) >= 11 is 0. The first kappa shape index (κ1) is 23.0. The molecule has 146 valence electrons. The summed E-state index contributed by atoms with van der Waals surface area (Å²) in [5.74, 6) is -11.4. The molecule has 0 bridgehead atoms. The number of ether oxygens (including phenoxy) is 1. The molecule has 1 nitrogen and oxygen atoms in total. The minimum Gasteiger partial charge on any atom is -0.334 e. The normalized spacial score (nSPS) is 19.1. The number of hydrogen-bond donors (Lipinski definition) is 0. The van der Waals surface area contributed by atoms with Gasteiger partial charge < -0.3 is 4.74 Å². The molecule has 0 rings (SSSR count). The van der Waals surface area contributed by atoms with Crippen molar-refractivity contribution in [2.75, 3.05) is 6.61 Å². The number of alkyl halides is 14. The topological polar surface area (TPSA) is 9.23 Å². The predicted octanol–water partition coefficient (Wildman–Crippen LogP) is 5.06. The molecule has 15 heteroatoms. The van der Waals surface area contributed by atoms with Crippen molar-refractivity contribution >= 4 is 0 Å². The molecule has 24 heavy (non-hydrogen) atoms. The Balaban J connectivity index is 6.46. The van der Waals surface area contributed by atoms with E-state index in [1.165, 1.54) is 0 Å². The maximum Gasteiger partial charge on any atom is 0.437 e. The average Bonchev–Trinajstić information content (AvgIpc) is 2.29. The third kappa shape index (κ3) is 4.14. The lowest BCUT2D eigenvalue weighted by Crippen LogP contribution is -2.72. The monoisotopic (exact) mass is 396 g/mol. The van der Waals surface area contributed by atoms with Crippen LogP contribution in [0.2, 0.25) is 0 Å². The summed E-state index contributed by atoms with van der Waals surface area (Å²) in [6, 6.07) is 0. The van der Waals surface area contributed by atoms with Gasteiger partial charge in [0.25, 0.3) is 12.1 Å². The maximum atomic E-state index is 13.8. The molecule has 0 saturated heterocycles. The fraction of sp³-hybridized carbons (Fsp3) is 1.00. The van der Waals surface area contributed by atoms with Crippen LogP contribution in [0.4, 0.5) is 61.5 Å². The minimum absolute atomic E-state index is 0.324. The number of hydrogen-bond acceptors (Lipinski definition) is 1. The van der Waals surface area contributed by atoms with E-state index in [0.717, 1.165) is 0 Å². The van der Waals surface area contributed by atoms with Gasteiger partial charge in [0.2, 0.25) is 0 Å². The molecule has 0 heterocycles. The lowest BCUT2D eigenvalue weighted by Gasteiger charge is -2.42. The summed E-state index contributed by atoms with van der Waals surface area (Å²) < 4.78 is 178. The Morgan fingerprint density at radius 3 is 1.25 bits per heavy atom. The quantitative estimate of drug-likeness (QED) is 0.591. The molecule has 0 spiro atoms. The van der Waals surface area contributed by atoms with Crippen molar-refractivity contribution in [3.63, 3.8) is 0 Å². The Hall–Kier alpha value is -1.02. The summed E-state index contributed by atoms with van der Waals surface area (Å²) in [5, 5.41) is 0. The van der Waals surface area contributed by atoms with Crippen LogP contribution in [-0.4, -0.2) is 48.8 Å². The Labute approximate surface area is 123 Å². The molecule has 0 aliphatic heterocycles. The number of rotatable bonds is 5. The first-order valence-corrected chi connectivity index (χ1v) is 5.35. The van der Waals surface area contributed by atoms with Gasteiger partial charge >= 0.3 is 30.1 Å². The van der Waals surface area contributed by atoms with Crippen LogP contribution in [0.1, 0.15) is 6.92 Å². The first-order chi connectivity index (χ1) is 10.1. The van der Waals surface area contributed by atoms with Gasteiger partial charge in [0.05, 0.1) is 0 Å². The number of halogens is 14. The zero-order chi connectivity index (χ0) is 20.0. The third-order valence-electron chi connectivity index (χ3n) is 2.40. The van der Waals surface area contributed by atoms with Gasteiger partial charge in [-0.15, -0.1) is 0 Å². The summed E-state index contributed by atoms with van der Waals surface area (Å²) in [5.41, 5.74) is -7.59. The molecular weight excluding hydrogens is 390 g/mol. The molecule has 0 radical (unpaired) electrons. The van der Waals surface area contributed by atoms with Gasteiger partial charge in [-0.05, 0) is 0 Å². The lowest BCUT2D eigenvalue weighted by molar-refractivity contribution is -0.444. The smallest absolute Gasteiger partial charge is 0.334 e. The molecule has 0 fully saturated rings. The van der Waals surface area contributed by atoms with E-state index in [-0.39, 0.29) is 6.92 Å². The predicted molar refractivity (Wildman–Crippen MR) is 47.3 cm³/mol. The van der Waals surface area contributed by atoms with Gasteiger partial charge in [0.1, 0.15) is 6.61 Å². The Bertz CT molecular complexity index is 413. The molecule has 0 aromatic rings. The van der Waals surface area contributed by atoms with Gasteiger partial charge in [-0.3, -0.25) is 0 Å². The van der Waals surface area contributed by atoms with Crippen LogP contribution < -0.4 is 0 Å². The maximum absolute atomic E-state index is 13.8. The van der Waals surface area contributed by atoms with Gasteiger partial charge in [0.15, 0.2) is 0 Å². The Morgan fingerprint density at radius 1 is 0.708 bits per heavy atom. The van der Waals surface area contributed by atoms with Crippen molar-refractivity contribution in [3.05, 3.63) is 0 Å². The second-order valence-corrected chi connectivity index (χ2v) is 4.56. The van der Waals surface area contributed by atoms with E-state index < -0.39 is 48.8 Å². The fourth-order valence-corrected chi connectivity index (χ4v) is 1.34. The highest BCUT2D eigenvalue weighted by atomic mass is 19.4. The molecule has 2 atom stereocenters. The zero-order valence-electron chi connectivity index (χ0n) is 11.0. The van der Waals surface area contributed by atoms with Crippen LogP contribution in [-0.2, 0) is 4.74 Å². The highest BCUT2D eigenvalue weighted by Crippen LogP contribution is 2.58. The van der Waals surface area contributed by atoms with Crippen molar-refractivity contribution < 1.29 is 66.2 Å². The van der Waals surface area contributed by atoms with E-state index in [1.54, 1.807) is 0 Å². The molecular formula is C9H6F14O. The average molecular weight is 396 g/mol. The van der Waals surface area contributed by atoms with E-state index in [0.29, 0.717) is 0 Å². The van der Waals surface area contributed by atoms with E-state index >= 15 is 0 Å². The molecule has 0 aromatic heterocycles. The lowest BCUT2D eigenvalue weighted by atomic mass is 9.90. The van der Waals surface area contributed by atoms with Crippen LogP contribution in [0.5, 0.6) is 0 Å². The first-order valence-electron chi connectivity index (χ1n) is 5.35. The van der Waals surface area contributed by atoms with Crippen LogP contribution in [0.15, 0.2) is 0 Å². The fourth-order valence-electron chi connectivity index (χ4n) is 1.34. The molecule has 0 aliphatic carbocycles. The molecule has 2 unspecified atom stereocenters. The highest BCUT2D eigenvalue weighted by Gasteiger charge is 2.88. The van der Waals surface area contributed by atoms with Gasteiger partial charge in [-0.25, -0.2) is 22.0 Å². The van der Waals surface area contributed by atoms with Crippen molar-refractivity contribution in [2.24, 2.45) is 0 Å². The van der Waals surface area contributed by atoms with Crippen LogP contribution in [0.3, 0.4) is 0 Å². The highest BCUT2D eigenvalue weighted by molar-refractivity contribution is 5.10. The van der Waals surface area contributed by atoms with Gasteiger partial charge in [0, 0.05) is 6.92 Å². The van der Waals surface area contributed by atoms with E-state index in [2.05, 4.69) is 4.74 Å². The van der Waals surface area contributed by atoms with Gasteiger partial charge in [-0.1, -0.05) is 0 Å². The molecule has 0 aromatic carbocycles.